The fraction of sp³-hybridized carbons (Fsp3) is 0.846. The average molecular weight is 311 g/mol. The molecule has 2 fully saturated rings. The molecule has 0 radical (unpaired) electrons. The third kappa shape index (κ3) is 2.91. The SMILES string of the molecule is CCOC1CC(NC(=O)CSCc2nn[nH]n2)C12CCC2. The number of rotatable bonds is 7. The molecule has 2 aliphatic carbocycles. The minimum absolute atomic E-state index is 0.0923. The van der Waals surface area contributed by atoms with E-state index in [9.17, 15) is 4.79 Å². The van der Waals surface area contributed by atoms with Crippen molar-refractivity contribution < 1.29 is 9.53 Å². The molecule has 0 bridgehead atoms. The first kappa shape index (κ1) is 14.8. The van der Waals surface area contributed by atoms with Crippen LogP contribution in [0.4, 0.5) is 0 Å². The van der Waals surface area contributed by atoms with Crippen molar-refractivity contribution in [2.24, 2.45) is 5.41 Å². The van der Waals surface area contributed by atoms with Gasteiger partial charge in [0.05, 0.1) is 17.6 Å². The molecular weight excluding hydrogens is 290 g/mol. The first-order valence-electron chi connectivity index (χ1n) is 7.45. The molecule has 2 aliphatic rings. The number of aromatic nitrogens is 4. The van der Waals surface area contributed by atoms with Crippen molar-refractivity contribution in [3.05, 3.63) is 5.82 Å². The summed E-state index contributed by atoms with van der Waals surface area (Å²) < 4.78 is 5.79. The summed E-state index contributed by atoms with van der Waals surface area (Å²) in [4.78, 5) is 12.0. The van der Waals surface area contributed by atoms with E-state index in [4.69, 9.17) is 4.74 Å². The Kier molecular flexibility index (Phi) is 4.44. The fourth-order valence-electron chi connectivity index (χ4n) is 3.36. The number of nitrogens with zero attached hydrogens (tertiary/aromatic N) is 3. The average Bonchev–Trinajstić information content (AvgIpc) is 2.88. The van der Waals surface area contributed by atoms with Gasteiger partial charge in [0.1, 0.15) is 0 Å². The molecule has 21 heavy (non-hydrogen) atoms. The van der Waals surface area contributed by atoms with E-state index in [-0.39, 0.29) is 11.3 Å². The maximum Gasteiger partial charge on any atom is 0.230 e. The van der Waals surface area contributed by atoms with Crippen LogP contribution < -0.4 is 5.32 Å². The number of hydrogen-bond donors (Lipinski definition) is 2. The van der Waals surface area contributed by atoms with Gasteiger partial charge < -0.3 is 10.1 Å². The predicted molar refractivity (Wildman–Crippen MR) is 78.6 cm³/mol. The summed E-state index contributed by atoms with van der Waals surface area (Å²) in [7, 11) is 0. The maximum absolute atomic E-state index is 12.0. The van der Waals surface area contributed by atoms with Gasteiger partial charge in [0, 0.05) is 18.1 Å². The number of tetrazole rings is 1. The Hall–Kier alpha value is -1.15. The van der Waals surface area contributed by atoms with Crippen LogP contribution in [0.1, 0.15) is 38.4 Å². The quantitative estimate of drug-likeness (QED) is 0.777. The number of thioether (sulfide) groups is 1. The monoisotopic (exact) mass is 311 g/mol. The lowest BCUT2D eigenvalue weighted by Crippen LogP contribution is -2.67. The molecule has 2 unspecified atom stereocenters. The predicted octanol–water partition coefficient (Wildman–Crippen LogP) is 0.897. The van der Waals surface area contributed by atoms with Gasteiger partial charge in [-0.15, -0.1) is 22.0 Å². The van der Waals surface area contributed by atoms with Crippen molar-refractivity contribution in [3.8, 4) is 0 Å². The van der Waals surface area contributed by atoms with E-state index in [0.717, 1.165) is 13.0 Å². The molecule has 0 saturated heterocycles. The minimum atomic E-state index is 0.0923. The number of hydrogen-bond acceptors (Lipinski definition) is 6. The summed E-state index contributed by atoms with van der Waals surface area (Å²) in [5, 5.41) is 16.8. The second-order valence-corrected chi connectivity index (χ2v) is 6.69. The molecule has 7 nitrogen and oxygen atoms in total. The smallest absolute Gasteiger partial charge is 0.230 e. The van der Waals surface area contributed by atoms with E-state index >= 15 is 0 Å². The minimum Gasteiger partial charge on any atom is -0.378 e. The lowest BCUT2D eigenvalue weighted by atomic mass is 9.51. The Morgan fingerprint density at radius 1 is 1.57 bits per heavy atom. The molecule has 1 aromatic rings. The summed E-state index contributed by atoms with van der Waals surface area (Å²) >= 11 is 1.50. The topological polar surface area (TPSA) is 92.8 Å². The van der Waals surface area contributed by atoms with Crippen molar-refractivity contribution >= 4 is 17.7 Å². The Labute approximate surface area is 128 Å². The normalized spacial score (nSPS) is 26.1. The van der Waals surface area contributed by atoms with E-state index < -0.39 is 0 Å². The number of carbonyl (C=O) groups is 1. The van der Waals surface area contributed by atoms with Crippen LogP contribution in [0.2, 0.25) is 0 Å². The third-order valence-electron chi connectivity index (χ3n) is 4.63. The Morgan fingerprint density at radius 2 is 2.43 bits per heavy atom. The summed E-state index contributed by atoms with van der Waals surface area (Å²) in [6, 6.07) is 0.293. The Bertz CT molecular complexity index is 477. The molecule has 2 saturated carbocycles. The zero-order chi connectivity index (χ0) is 14.7. The Morgan fingerprint density at radius 3 is 3.05 bits per heavy atom. The van der Waals surface area contributed by atoms with E-state index in [1.165, 1.54) is 31.0 Å². The van der Waals surface area contributed by atoms with E-state index in [0.29, 0.717) is 29.5 Å². The molecule has 1 spiro atoms. The molecule has 0 aliphatic heterocycles. The fourth-order valence-corrected chi connectivity index (χ4v) is 4.03. The van der Waals surface area contributed by atoms with Crippen LogP contribution in [0.25, 0.3) is 0 Å². The van der Waals surface area contributed by atoms with Gasteiger partial charge in [-0.3, -0.25) is 4.79 Å². The first-order chi connectivity index (χ1) is 10.2. The van der Waals surface area contributed by atoms with Gasteiger partial charge in [-0.1, -0.05) is 11.6 Å². The molecule has 2 atom stereocenters. The van der Waals surface area contributed by atoms with Crippen LogP contribution in [0, 0.1) is 5.41 Å². The van der Waals surface area contributed by atoms with Gasteiger partial charge in [0.25, 0.3) is 0 Å². The van der Waals surface area contributed by atoms with Crippen LogP contribution >= 0.6 is 11.8 Å². The van der Waals surface area contributed by atoms with Gasteiger partial charge in [0.2, 0.25) is 5.91 Å². The number of nitrogens with one attached hydrogen (secondary N) is 2. The zero-order valence-corrected chi connectivity index (χ0v) is 13.0. The number of ether oxygens (including phenoxy) is 1. The highest BCUT2D eigenvalue weighted by atomic mass is 32.2. The van der Waals surface area contributed by atoms with Crippen LogP contribution in [-0.4, -0.2) is 51.0 Å². The van der Waals surface area contributed by atoms with Gasteiger partial charge in [-0.2, -0.15) is 5.21 Å². The second kappa shape index (κ2) is 6.31. The highest BCUT2D eigenvalue weighted by Crippen LogP contribution is 2.57. The standard InChI is InChI=1S/C13H21N5O2S/c1-2-20-10-6-9(13(10)4-3-5-13)14-12(19)8-21-7-11-15-17-18-16-11/h9-10H,2-8H2,1H3,(H,14,19)(H,15,16,17,18). The van der Waals surface area contributed by atoms with Crippen molar-refractivity contribution in [2.45, 2.75) is 50.5 Å². The van der Waals surface area contributed by atoms with Crippen molar-refractivity contribution in [1.82, 2.24) is 25.9 Å². The van der Waals surface area contributed by atoms with Crippen LogP contribution in [0.5, 0.6) is 0 Å². The van der Waals surface area contributed by atoms with Crippen molar-refractivity contribution in [1.29, 1.82) is 0 Å². The third-order valence-corrected chi connectivity index (χ3v) is 5.55. The summed E-state index contributed by atoms with van der Waals surface area (Å²) in [5.41, 5.74) is 0.226. The highest BCUT2D eigenvalue weighted by Gasteiger charge is 2.59. The lowest BCUT2D eigenvalue weighted by molar-refractivity contribution is -0.175. The summed E-state index contributed by atoms with van der Waals surface area (Å²) in [6.07, 6.45) is 4.91. The number of aromatic amines is 1. The van der Waals surface area contributed by atoms with Crippen LogP contribution in [-0.2, 0) is 15.3 Å². The van der Waals surface area contributed by atoms with Gasteiger partial charge in [-0.25, -0.2) is 0 Å². The molecule has 116 valence electrons. The van der Waals surface area contributed by atoms with Crippen molar-refractivity contribution in [3.63, 3.8) is 0 Å². The summed E-state index contributed by atoms with van der Waals surface area (Å²) in [6.45, 7) is 2.79. The van der Waals surface area contributed by atoms with E-state index in [2.05, 4.69) is 25.9 Å². The van der Waals surface area contributed by atoms with E-state index in [1.807, 2.05) is 6.92 Å². The summed E-state index contributed by atoms with van der Waals surface area (Å²) in [5.74, 6) is 1.75. The zero-order valence-electron chi connectivity index (χ0n) is 12.2. The Balaban J connectivity index is 1.41. The molecule has 1 aromatic heterocycles. The molecule has 1 amide bonds. The van der Waals surface area contributed by atoms with E-state index in [1.54, 1.807) is 0 Å². The molecule has 3 rings (SSSR count). The van der Waals surface area contributed by atoms with Crippen molar-refractivity contribution in [2.75, 3.05) is 12.4 Å². The number of carbonyl (C=O) groups excluding carboxylic acids is 1. The number of H-pyrrole nitrogens is 1. The van der Waals surface area contributed by atoms with Crippen LogP contribution in [0.3, 0.4) is 0 Å². The lowest BCUT2D eigenvalue weighted by Gasteiger charge is -2.61. The van der Waals surface area contributed by atoms with Gasteiger partial charge in [0.15, 0.2) is 5.82 Å². The van der Waals surface area contributed by atoms with Crippen LogP contribution in [0.15, 0.2) is 0 Å². The van der Waals surface area contributed by atoms with Gasteiger partial charge >= 0.3 is 0 Å². The number of amides is 1. The molecule has 2 N–H and O–H groups in total. The molecule has 1 heterocycles. The largest absolute Gasteiger partial charge is 0.378 e. The molecule has 8 heteroatoms. The van der Waals surface area contributed by atoms with Gasteiger partial charge in [-0.05, 0) is 26.2 Å². The first-order valence-corrected chi connectivity index (χ1v) is 8.61. The second-order valence-electron chi connectivity index (χ2n) is 5.71. The molecular formula is C13H21N5O2S. The molecule has 0 aromatic carbocycles. The highest BCUT2D eigenvalue weighted by molar-refractivity contribution is 7.99. The maximum atomic E-state index is 12.0.